The highest BCUT2D eigenvalue weighted by Crippen LogP contribution is 2.48. The van der Waals surface area contributed by atoms with E-state index in [1.807, 2.05) is 6.07 Å². The Bertz CT molecular complexity index is 1380. The van der Waals surface area contributed by atoms with Crippen molar-refractivity contribution in [2.24, 2.45) is 5.92 Å². The molecule has 2 fully saturated rings. The number of anilines is 1. The Morgan fingerprint density at radius 2 is 1.98 bits per heavy atom. The molecule has 0 radical (unpaired) electrons. The fourth-order valence-electron chi connectivity index (χ4n) is 5.00. The first-order valence-electron chi connectivity index (χ1n) is 12.8. The highest BCUT2D eigenvalue weighted by atomic mass is 19.4. The van der Waals surface area contributed by atoms with Crippen molar-refractivity contribution in [1.82, 2.24) is 10.2 Å². The largest absolute Gasteiger partial charge is 0.573 e. The van der Waals surface area contributed by atoms with E-state index in [4.69, 9.17) is 15.4 Å². The lowest BCUT2D eigenvalue weighted by Gasteiger charge is -2.28. The Morgan fingerprint density at radius 3 is 2.63 bits per heavy atom. The van der Waals surface area contributed by atoms with Gasteiger partial charge in [-0.2, -0.15) is 5.26 Å². The molecule has 0 bridgehead atoms. The normalized spacial score (nSPS) is 22.1. The Kier molecular flexibility index (Phi) is 8.37. The number of alkyl halides is 3. The van der Waals surface area contributed by atoms with Crippen molar-refractivity contribution < 1.29 is 41.4 Å². The number of ketones is 1. The van der Waals surface area contributed by atoms with Crippen LogP contribution in [-0.4, -0.2) is 59.3 Å². The van der Waals surface area contributed by atoms with E-state index in [0.717, 1.165) is 18.2 Å². The van der Waals surface area contributed by atoms with Gasteiger partial charge in [0.1, 0.15) is 17.8 Å². The molecule has 0 aromatic heterocycles. The van der Waals surface area contributed by atoms with Crippen LogP contribution in [0.3, 0.4) is 0 Å². The van der Waals surface area contributed by atoms with Gasteiger partial charge in [-0.3, -0.25) is 19.8 Å². The van der Waals surface area contributed by atoms with Crippen LogP contribution < -0.4 is 15.4 Å². The molecule has 1 aromatic carbocycles. The average molecular weight is 578 g/mol. The first-order valence-corrected chi connectivity index (χ1v) is 12.8. The van der Waals surface area contributed by atoms with Crippen LogP contribution >= 0.6 is 0 Å². The minimum atomic E-state index is -5.12. The molecule has 1 aromatic rings. The molecule has 1 saturated heterocycles. The summed E-state index contributed by atoms with van der Waals surface area (Å²) >= 11 is 0. The summed E-state index contributed by atoms with van der Waals surface area (Å²) < 4.78 is 61.5. The van der Waals surface area contributed by atoms with Crippen molar-refractivity contribution in [1.29, 1.82) is 10.7 Å². The minimum Gasteiger partial charge on any atom is -0.480 e. The summed E-state index contributed by atoms with van der Waals surface area (Å²) in [6, 6.07) is 3.73. The zero-order valence-electron chi connectivity index (χ0n) is 22.1. The number of nitrogens with zero attached hydrogens (tertiary/aromatic N) is 2. The summed E-state index contributed by atoms with van der Waals surface area (Å²) in [5.74, 6) is -3.71. The number of allylic oxidation sites excluding steroid dienone is 4. The Labute approximate surface area is 232 Å². The molecule has 2 amide bonds. The second kappa shape index (κ2) is 11.6. The van der Waals surface area contributed by atoms with E-state index in [1.165, 1.54) is 17.9 Å². The Hall–Kier alpha value is -4.41. The van der Waals surface area contributed by atoms with E-state index in [9.17, 15) is 31.9 Å². The van der Waals surface area contributed by atoms with Crippen molar-refractivity contribution >= 4 is 29.0 Å². The van der Waals surface area contributed by atoms with E-state index < -0.39 is 53.4 Å². The van der Waals surface area contributed by atoms with E-state index in [0.29, 0.717) is 37.1 Å². The monoisotopic (exact) mass is 577 g/mol. The lowest BCUT2D eigenvalue weighted by atomic mass is 9.96. The molecular weight excluding hydrogens is 550 g/mol. The number of nitriles is 1. The molecule has 10 nitrogen and oxygen atoms in total. The number of ether oxygens (including phenoxy) is 2. The number of Topliss-reactive ketones (excluding diaryl/α,β-unsaturated/α-hetero) is 1. The molecule has 4 rings (SSSR count). The summed E-state index contributed by atoms with van der Waals surface area (Å²) in [6.45, 7) is 2.52. The Balaban J connectivity index is 1.47. The van der Waals surface area contributed by atoms with Gasteiger partial charge in [0, 0.05) is 30.7 Å². The molecule has 1 aliphatic heterocycles. The standard InChI is InChI=1S/C27H27F4N5O5/c1-13(11-32)40-16-6-7-18(17(10-16)25(33)14(2)37)34-12-23(38)36-20-8-15(20)9-21(36)26(39)35-19-4-3-5-22(24(19)28)41-27(29,30)31/h3-5,10,13,15,20-21,33-34H,6-9,12H2,1-2H3,(H,35,39)/t13?,15?,20-,21+/m1/s1. The quantitative estimate of drug-likeness (QED) is 0.284. The van der Waals surface area contributed by atoms with E-state index in [2.05, 4.69) is 15.4 Å². The number of rotatable bonds is 10. The summed E-state index contributed by atoms with van der Waals surface area (Å²) in [6.07, 6.45) is -2.71. The number of fused-ring (bicyclic) bond motifs is 1. The number of benzene rings is 1. The lowest BCUT2D eigenvalue weighted by molar-refractivity contribution is -0.275. The lowest BCUT2D eigenvalue weighted by Crippen LogP contribution is -2.48. The summed E-state index contributed by atoms with van der Waals surface area (Å²) in [4.78, 5) is 39.6. The van der Waals surface area contributed by atoms with Crippen molar-refractivity contribution in [2.45, 2.75) is 64.1 Å². The first kappa shape index (κ1) is 29.6. The number of nitrogens with one attached hydrogen (secondary N) is 3. The van der Waals surface area contributed by atoms with Crippen LogP contribution in [0.2, 0.25) is 0 Å². The SMILES string of the molecule is CC(=O)C(=N)C1=C(NCC(=O)N2[C@@H]3CC3C[C@H]2C(=O)Nc2cccc(OC(F)(F)F)c2F)CCC(OC(C)C#N)=C1. The highest BCUT2D eigenvalue weighted by molar-refractivity contribution is 6.45. The van der Waals surface area contributed by atoms with Crippen LogP contribution in [0.4, 0.5) is 23.2 Å². The van der Waals surface area contributed by atoms with Gasteiger partial charge in [0.15, 0.2) is 23.5 Å². The van der Waals surface area contributed by atoms with Crippen LogP contribution in [0, 0.1) is 28.5 Å². The van der Waals surface area contributed by atoms with Crippen LogP contribution in [0.15, 0.2) is 41.3 Å². The van der Waals surface area contributed by atoms with Gasteiger partial charge in [-0.05, 0) is 50.3 Å². The van der Waals surface area contributed by atoms with Gasteiger partial charge >= 0.3 is 6.36 Å². The zero-order chi connectivity index (χ0) is 30.1. The molecule has 3 N–H and O–H groups in total. The topological polar surface area (TPSA) is 145 Å². The van der Waals surface area contributed by atoms with E-state index in [1.54, 1.807) is 6.92 Å². The number of hydrogen-bond donors (Lipinski definition) is 3. The molecule has 2 aliphatic carbocycles. The van der Waals surface area contributed by atoms with Gasteiger partial charge in [-0.25, -0.2) is 4.39 Å². The predicted molar refractivity (Wildman–Crippen MR) is 136 cm³/mol. The maximum absolute atomic E-state index is 14.6. The van der Waals surface area contributed by atoms with Gasteiger partial charge in [0.05, 0.1) is 18.0 Å². The second-order valence-corrected chi connectivity index (χ2v) is 9.95. The van der Waals surface area contributed by atoms with Crippen LogP contribution in [0.25, 0.3) is 0 Å². The molecule has 1 heterocycles. The van der Waals surface area contributed by atoms with Crippen molar-refractivity contribution in [2.75, 3.05) is 11.9 Å². The molecule has 3 aliphatic rings. The molecular formula is C27H27F4N5O5. The van der Waals surface area contributed by atoms with Gasteiger partial charge in [0.25, 0.3) is 0 Å². The molecule has 41 heavy (non-hydrogen) atoms. The highest BCUT2D eigenvalue weighted by Gasteiger charge is 2.56. The van der Waals surface area contributed by atoms with E-state index >= 15 is 0 Å². The smallest absolute Gasteiger partial charge is 0.480 e. The average Bonchev–Trinajstić information content (AvgIpc) is 3.57. The summed E-state index contributed by atoms with van der Waals surface area (Å²) in [5, 5.41) is 22.4. The van der Waals surface area contributed by atoms with Crippen molar-refractivity contribution in [3.8, 4) is 11.8 Å². The Morgan fingerprint density at radius 1 is 1.24 bits per heavy atom. The maximum atomic E-state index is 14.6. The van der Waals surface area contributed by atoms with Crippen molar-refractivity contribution in [3.63, 3.8) is 0 Å². The molecule has 218 valence electrons. The van der Waals surface area contributed by atoms with Gasteiger partial charge < -0.3 is 25.0 Å². The number of amides is 2. The molecule has 2 unspecified atom stereocenters. The maximum Gasteiger partial charge on any atom is 0.573 e. The minimum absolute atomic E-state index is 0.0690. The summed E-state index contributed by atoms with van der Waals surface area (Å²) in [5.41, 5.74) is -0.136. The molecule has 0 spiro atoms. The fourth-order valence-corrected chi connectivity index (χ4v) is 5.00. The van der Waals surface area contributed by atoms with Gasteiger partial charge in [-0.15, -0.1) is 13.2 Å². The number of likely N-dealkylation sites (tertiary alicyclic amines) is 1. The zero-order valence-corrected chi connectivity index (χ0v) is 22.1. The number of halogens is 4. The van der Waals surface area contributed by atoms with Crippen LogP contribution in [0.5, 0.6) is 5.75 Å². The number of hydrogen-bond acceptors (Lipinski definition) is 8. The molecule has 1 saturated carbocycles. The van der Waals surface area contributed by atoms with Gasteiger partial charge in [-0.1, -0.05) is 6.07 Å². The van der Waals surface area contributed by atoms with Crippen molar-refractivity contribution in [3.05, 3.63) is 47.1 Å². The predicted octanol–water partition coefficient (Wildman–Crippen LogP) is 3.71. The van der Waals surface area contributed by atoms with E-state index in [-0.39, 0.29) is 29.8 Å². The molecule has 14 heteroatoms. The second-order valence-electron chi connectivity index (χ2n) is 9.95. The fraction of sp³-hybridized carbons (Fsp3) is 0.444. The van der Waals surface area contributed by atoms with Crippen LogP contribution in [0.1, 0.15) is 39.5 Å². The number of carbonyl (C=O) groups is 3. The third kappa shape index (κ3) is 6.85. The molecule has 4 atom stereocenters. The number of carbonyl (C=O) groups excluding carboxylic acids is 3. The first-order chi connectivity index (χ1) is 19.3. The third-order valence-corrected chi connectivity index (χ3v) is 6.98. The summed E-state index contributed by atoms with van der Waals surface area (Å²) in [7, 11) is 0. The number of piperidine rings is 1. The van der Waals surface area contributed by atoms with Gasteiger partial charge in [0.2, 0.25) is 11.8 Å². The van der Waals surface area contributed by atoms with Crippen LogP contribution in [-0.2, 0) is 19.1 Å². The third-order valence-electron chi connectivity index (χ3n) is 6.98.